The number of nitrogens with zero attached hydrogens (tertiary/aromatic N) is 1. The Morgan fingerprint density at radius 1 is 1.43 bits per heavy atom. The summed E-state index contributed by atoms with van der Waals surface area (Å²) in [5.74, 6) is 0.551. The first-order valence-electron chi connectivity index (χ1n) is 4.18. The number of rotatable bonds is 2. The summed E-state index contributed by atoms with van der Waals surface area (Å²) in [6, 6.07) is 5.73. The van der Waals surface area contributed by atoms with Crippen molar-refractivity contribution in [2.75, 3.05) is 5.73 Å². The fourth-order valence-corrected chi connectivity index (χ4v) is 2.38. The standard InChI is InChI=1S/C10H9ClN2S/c11-8-2-4-14-9(8)5-7-1-3-13-10(12)6-7/h1-4,6H,5H2,(H2,12,13). The third-order valence-electron chi connectivity index (χ3n) is 1.90. The fourth-order valence-electron chi connectivity index (χ4n) is 1.24. The summed E-state index contributed by atoms with van der Waals surface area (Å²) in [5.41, 5.74) is 6.73. The number of nitrogens with two attached hydrogens (primary N) is 1. The van der Waals surface area contributed by atoms with Crippen LogP contribution in [-0.4, -0.2) is 4.98 Å². The molecule has 0 saturated carbocycles. The van der Waals surface area contributed by atoms with Gasteiger partial charge in [0.1, 0.15) is 5.82 Å². The van der Waals surface area contributed by atoms with Crippen molar-refractivity contribution in [1.82, 2.24) is 4.98 Å². The van der Waals surface area contributed by atoms with E-state index in [-0.39, 0.29) is 0 Å². The van der Waals surface area contributed by atoms with E-state index >= 15 is 0 Å². The molecule has 0 aliphatic carbocycles. The molecule has 2 nitrogen and oxygen atoms in total. The second-order valence-corrected chi connectivity index (χ2v) is 4.37. The highest BCUT2D eigenvalue weighted by Crippen LogP contribution is 2.24. The molecule has 0 aromatic carbocycles. The van der Waals surface area contributed by atoms with Crippen LogP contribution >= 0.6 is 22.9 Å². The molecule has 0 aliphatic rings. The maximum Gasteiger partial charge on any atom is 0.123 e. The zero-order valence-electron chi connectivity index (χ0n) is 7.40. The van der Waals surface area contributed by atoms with Gasteiger partial charge in [0.05, 0.1) is 5.02 Å². The van der Waals surface area contributed by atoms with Gasteiger partial charge in [-0.05, 0) is 29.1 Å². The van der Waals surface area contributed by atoms with Crippen LogP contribution in [0.5, 0.6) is 0 Å². The highest BCUT2D eigenvalue weighted by molar-refractivity contribution is 7.10. The quantitative estimate of drug-likeness (QED) is 0.852. The lowest BCUT2D eigenvalue weighted by atomic mass is 10.2. The normalized spacial score (nSPS) is 10.4. The van der Waals surface area contributed by atoms with Gasteiger partial charge >= 0.3 is 0 Å². The summed E-state index contributed by atoms with van der Waals surface area (Å²) >= 11 is 7.65. The fraction of sp³-hybridized carbons (Fsp3) is 0.100. The molecule has 14 heavy (non-hydrogen) atoms. The van der Waals surface area contributed by atoms with Gasteiger partial charge in [0.2, 0.25) is 0 Å². The van der Waals surface area contributed by atoms with E-state index in [4.69, 9.17) is 17.3 Å². The van der Waals surface area contributed by atoms with Crippen molar-refractivity contribution in [2.24, 2.45) is 0 Å². The number of anilines is 1. The minimum Gasteiger partial charge on any atom is -0.384 e. The number of hydrogen-bond acceptors (Lipinski definition) is 3. The second-order valence-electron chi connectivity index (χ2n) is 2.96. The smallest absolute Gasteiger partial charge is 0.123 e. The van der Waals surface area contributed by atoms with Crippen LogP contribution in [0.1, 0.15) is 10.4 Å². The van der Waals surface area contributed by atoms with E-state index in [9.17, 15) is 0 Å². The van der Waals surface area contributed by atoms with Crippen molar-refractivity contribution in [2.45, 2.75) is 6.42 Å². The lowest BCUT2D eigenvalue weighted by Gasteiger charge is -2.00. The lowest BCUT2D eigenvalue weighted by Crippen LogP contribution is -1.92. The Labute approximate surface area is 91.4 Å². The molecule has 0 atom stereocenters. The van der Waals surface area contributed by atoms with Gasteiger partial charge in [-0.1, -0.05) is 11.6 Å². The number of thiophene rings is 1. The molecule has 4 heteroatoms. The summed E-state index contributed by atoms with van der Waals surface area (Å²) < 4.78 is 0. The maximum absolute atomic E-state index is 5.99. The first kappa shape index (κ1) is 9.49. The van der Waals surface area contributed by atoms with Crippen molar-refractivity contribution < 1.29 is 0 Å². The average Bonchev–Trinajstić information content (AvgIpc) is 2.52. The molecule has 0 spiro atoms. The van der Waals surface area contributed by atoms with Gasteiger partial charge in [0.25, 0.3) is 0 Å². The topological polar surface area (TPSA) is 38.9 Å². The first-order chi connectivity index (χ1) is 6.75. The summed E-state index contributed by atoms with van der Waals surface area (Å²) in [6.07, 6.45) is 2.54. The molecule has 0 saturated heterocycles. The molecule has 0 radical (unpaired) electrons. The van der Waals surface area contributed by atoms with Crippen molar-refractivity contribution in [3.63, 3.8) is 0 Å². The van der Waals surface area contributed by atoms with E-state index < -0.39 is 0 Å². The Kier molecular flexibility index (Phi) is 2.70. The monoisotopic (exact) mass is 224 g/mol. The van der Waals surface area contributed by atoms with Crippen LogP contribution in [0, 0.1) is 0 Å². The number of pyridine rings is 1. The van der Waals surface area contributed by atoms with E-state index in [2.05, 4.69) is 4.98 Å². The van der Waals surface area contributed by atoms with Crippen molar-refractivity contribution in [1.29, 1.82) is 0 Å². The first-order valence-corrected chi connectivity index (χ1v) is 5.44. The Balaban J connectivity index is 2.23. The van der Waals surface area contributed by atoms with Crippen LogP contribution in [0.2, 0.25) is 5.02 Å². The van der Waals surface area contributed by atoms with Crippen LogP contribution in [0.4, 0.5) is 5.82 Å². The lowest BCUT2D eigenvalue weighted by molar-refractivity contribution is 1.20. The van der Waals surface area contributed by atoms with Gasteiger partial charge in [0.15, 0.2) is 0 Å². The summed E-state index contributed by atoms with van der Waals surface area (Å²) in [4.78, 5) is 5.10. The van der Waals surface area contributed by atoms with Gasteiger partial charge < -0.3 is 5.73 Å². The average molecular weight is 225 g/mol. The molecule has 0 aliphatic heterocycles. The molecular weight excluding hydrogens is 216 g/mol. The largest absolute Gasteiger partial charge is 0.384 e. The number of halogens is 1. The van der Waals surface area contributed by atoms with Crippen molar-refractivity contribution in [3.05, 3.63) is 45.2 Å². The molecular formula is C10H9ClN2S. The highest BCUT2D eigenvalue weighted by Gasteiger charge is 2.03. The van der Waals surface area contributed by atoms with Crippen LogP contribution < -0.4 is 5.73 Å². The molecule has 2 aromatic heterocycles. The van der Waals surface area contributed by atoms with Gasteiger partial charge in [-0.25, -0.2) is 4.98 Å². The minimum atomic E-state index is 0.551. The SMILES string of the molecule is Nc1cc(Cc2sccc2Cl)ccn1. The summed E-state index contributed by atoms with van der Waals surface area (Å²) in [6.45, 7) is 0. The molecule has 2 aromatic rings. The molecule has 0 fully saturated rings. The Hall–Kier alpha value is -1.06. The van der Waals surface area contributed by atoms with E-state index in [0.717, 1.165) is 21.9 Å². The number of nitrogen functional groups attached to an aromatic ring is 1. The van der Waals surface area contributed by atoms with Crippen LogP contribution in [-0.2, 0) is 6.42 Å². The van der Waals surface area contributed by atoms with E-state index in [1.165, 1.54) is 0 Å². The molecule has 0 unspecified atom stereocenters. The van der Waals surface area contributed by atoms with Crippen LogP contribution in [0.3, 0.4) is 0 Å². The molecule has 2 heterocycles. The predicted octanol–water partition coefficient (Wildman–Crippen LogP) is 2.97. The zero-order chi connectivity index (χ0) is 9.97. The van der Waals surface area contributed by atoms with Crippen molar-refractivity contribution >= 4 is 28.8 Å². The van der Waals surface area contributed by atoms with Gasteiger partial charge in [-0.2, -0.15) is 0 Å². The number of hydrogen-bond donors (Lipinski definition) is 1. The van der Waals surface area contributed by atoms with E-state index in [1.807, 2.05) is 23.6 Å². The molecule has 0 amide bonds. The van der Waals surface area contributed by atoms with E-state index in [0.29, 0.717) is 5.82 Å². The molecule has 72 valence electrons. The molecule has 2 rings (SSSR count). The molecule has 0 bridgehead atoms. The third-order valence-corrected chi connectivity index (χ3v) is 3.29. The predicted molar refractivity (Wildman–Crippen MR) is 60.8 cm³/mol. The maximum atomic E-state index is 5.99. The van der Waals surface area contributed by atoms with Gasteiger partial charge in [-0.15, -0.1) is 11.3 Å². The van der Waals surface area contributed by atoms with Crippen LogP contribution in [0.15, 0.2) is 29.8 Å². The van der Waals surface area contributed by atoms with Crippen molar-refractivity contribution in [3.8, 4) is 0 Å². The van der Waals surface area contributed by atoms with E-state index in [1.54, 1.807) is 17.5 Å². The Morgan fingerprint density at radius 2 is 2.29 bits per heavy atom. The Bertz CT molecular complexity index is 439. The zero-order valence-corrected chi connectivity index (χ0v) is 8.98. The minimum absolute atomic E-state index is 0.551. The molecule has 2 N–H and O–H groups in total. The summed E-state index contributed by atoms with van der Waals surface area (Å²) in [5, 5.41) is 2.81. The summed E-state index contributed by atoms with van der Waals surface area (Å²) in [7, 11) is 0. The highest BCUT2D eigenvalue weighted by atomic mass is 35.5. The third kappa shape index (κ3) is 2.05. The van der Waals surface area contributed by atoms with Crippen LogP contribution in [0.25, 0.3) is 0 Å². The van der Waals surface area contributed by atoms with Gasteiger partial charge in [-0.3, -0.25) is 0 Å². The Morgan fingerprint density at radius 3 is 2.93 bits per heavy atom. The van der Waals surface area contributed by atoms with Gasteiger partial charge in [0, 0.05) is 17.5 Å². The second kappa shape index (κ2) is 3.98. The number of aromatic nitrogens is 1.